The molecule has 1 atom stereocenters. The summed E-state index contributed by atoms with van der Waals surface area (Å²) in [6.45, 7) is 1.86. The van der Waals surface area contributed by atoms with Gasteiger partial charge in [0.15, 0.2) is 11.5 Å². The van der Waals surface area contributed by atoms with E-state index in [-0.39, 0.29) is 12.7 Å². The van der Waals surface area contributed by atoms with Gasteiger partial charge in [0.1, 0.15) is 0 Å². The summed E-state index contributed by atoms with van der Waals surface area (Å²) in [6, 6.07) is 5.72. The average Bonchev–Trinajstić information content (AvgIpc) is 3.23. The Labute approximate surface area is 141 Å². The van der Waals surface area contributed by atoms with Crippen LogP contribution >= 0.6 is 0 Å². The summed E-state index contributed by atoms with van der Waals surface area (Å²) >= 11 is 0. The predicted molar refractivity (Wildman–Crippen MR) is 88.0 cm³/mol. The zero-order chi connectivity index (χ0) is 16.5. The van der Waals surface area contributed by atoms with E-state index in [0.29, 0.717) is 12.3 Å². The highest BCUT2D eigenvalue weighted by Gasteiger charge is 2.26. The zero-order valence-corrected chi connectivity index (χ0v) is 13.8. The van der Waals surface area contributed by atoms with E-state index in [2.05, 4.69) is 11.3 Å². The van der Waals surface area contributed by atoms with Crippen LogP contribution in [-0.4, -0.2) is 40.5 Å². The molecule has 3 heterocycles. The lowest BCUT2D eigenvalue weighted by Crippen LogP contribution is -2.39. The van der Waals surface area contributed by atoms with Crippen molar-refractivity contribution in [2.75, 3.05) is 19.9 Å². The molecule has 1 amide bonds. The molecule has 0 N–H and O–H groups in total. The molecule has 4 rings (SSSR count). The van der Waals surface area contributed by atoms with Crippen LogP contribution in [0.5, 0.6) is 11.5 Å². The van der Waals surface area contributed by atoms with Gasteiger partial charge in [-0.15, -0.1) is 0 Å². The third-order valence-electron chi connectivity index (χ3n) is 4.76. The molecule has 1 saturated heterocycles. The van der Waals surface area contributed by atoms with E-state index >= 15 is 0 Å². The highest BCUT2D eigenvalue weighted by atomic mass is 16.7. The predicted octanol–water partition coefficient (Wildman–Crippen LogP) is 2.10. The number of aromatic nitrogens is 2. The molecule has 1 aromatic heterocycles. The number of likely N-dealkylation sites (tertiary alicyclic amines) is 1. The van der Waals surface area contributed by atoms with E-state index in [9.17, 15) is 4.79 Å². The van der Waals surface area contributed by atoms with Crippen LogP contribution in [0.25, 0.3) is 0 Å². The number of piperidine rings is 1. The molecule has 2 aliphatic rings. The van der Waals surface area contributed by atoms with Crippen LogP contribution in [-0.2, 0) is 18.3 Å². The fraction of sp³-hybridized carbons (Fsp3) is 0.444. The van der Waals surface area contributed by atoms with Crippen molar-refractivity contribution in [3.05, 3.63) is 41.7 Å². The summed E-state index contributed by atoms with van der Waals surface area (Å²) < 4.78 is 12.5. The van der Waals surface area contributed by atoms with Gasteiger partial charge in [0.25, 0.3) is 0 Å². The molecule has 6 heteroatoms. The molecule has 24 heavy (non-hydrogen) atoms. The fourth-order valence-electron chi connectivity index (χ4n) is 3.46. The molecule has 0 radical (unpaired) electrons. The number of aryl methyl sites for hydroxylation is 1. The minimum atomic E-state index is 0.169. The van der Waals surface area contributed by atoms with Crippen LogP contribution in [0, 0.1) is 0 Å². The number of rotatable bonds is 3. The number of hydrogen-bond donors (Lipinski definition) is 0. The molecule has 2 aromatic rings. The standard InChI is InChI=1S/C18H21N3O3/c1-20-10-15(9-19-20)14-3-2-6-21(11-14)18(22)8-13-4-5-16-17(7-13)24-12-23-16/h4-5,7,9-10,14H,2-3,6,8,11-12H2,1H3. The Balaban J connectivity index is 1.42. The number of hydrogen-bond acceptors (Lipinski definition) is 4. The second kappa shape index (κ2) is 6.19. The molecule has 0 saturated carbocycles. The van der Waals surface area contributed by atoms with Crippen LogP contribution in [0.4, 0.5) is 0 Å². The van der Waals surface area contributed by atoms with Crippen LogP contribution in [0.1, 0.15) is 29.9 Å². The molecule has 0 aliphatic carbocycles. The number of nitrogens with zero attached hydrogens (tertiary/aromatic N) is 3. The first-order valence-corrected chi connectivity index (χ1v) is 8.34. The second-order valence-electron chi connectivity index (χ2n) is 6.49. The number of carbonyl (C=O) groups is 1. The Morgan fingerprint density at radius 3 is 3.04 bits per heavy atom. The van der Waals surface area contributed by atoms with E-state index in [1.807, 2.05) is 41.0 Å². The van der Waals surface area contributed by atoms with Gasteiger partial charge < -0.3 is 14.4 Å². The minimum Gasteiger partial charge on any atom is -0.454 e. The van der Waals surface area contributed by atoms with Crippen molar-refractivity contribution >= 4 is 5.91 Å². The third kappa shape index (κ3) is 2.96. The molecule has 2 aliphatic heterocycles. The second-order valence-corrected chi connectivity index (χ2v) is 6.49. The maximum atomic E-state index is 12.7. The van der Waals surface area contributed by atoms with Gasteiger partial charge in [-0.3, -0.25) is 9.48 Å². The first kappa shape index (κ1) is 15.1. The number of amides is 1. The molecule has 0 spiro atoms. The number of carbonyl (C=O) groups excluding carboxylic acids is 1. The van der Waals surface area contributed by atoms with Crippen molar-refractivity contribution in [3.63, 3.8) is 0 Å². The highest BCUT2D eigenvalue weighted by molar-refractivity contribution is 5.79. The van der Waals surface area contributed by atoms with Crippen LogP contribution in [0.15, 0.2) is 30.6 Å². The van der Waals surface area contributed by atoms with Gasteiger partial charge >= 0.3 is 0 Å². The Morgan fingerprint density at radius 2 is 2.21 bits per heavy atom. The van der Waals surface area contributed by atoms with Crippen LogP contribution in [0.2, 0.25) is 0 Å². The van der Waals surface area contributed by atoms with Crippen molar-refractivity contribution in [1.29, 1.82) is 0 Å². The molecule has 1 unspecified atom stereocenters. The van der Waals surface area contributed by atoms with Gasteiger partial charge in [-0.05, 0) is 36.1 Å². The van der Waals surface area contributed by atoms with Crippen molar-refractivity contribution in [1.82, 2.24) is 14.7 Å². The smallest absolute Gasteiger partial charge is 0.231 e. The van der Waals surface area contributed by atoms with Gasteiger partial charge in [0.2, 0.25) is 12.7 Å². The van der Waals surface area contributed by atoms with Crippen LogP contribution in [0.3, 0.4) is 0 Å². The summed E-state index contributed by atoms with van der Waals surface area (Å²) in [6.07, 6.45) is 6.51. The van der Waals surface area contributed by atoms with E-state index in [1.165, 1.54) is 5.56 Å². The van der Waals surface area contributed by atoms with Crippen molar-refractivity contribution in [2.45, 2.75) is 25.2 Å². The molecule has 1 aromatic carbocycles. The third-order valence-corrected chi connectivity index (χ3v) is 4.76. The minimum absolute atomic E-state index is 0.169. The Bertz CT molecular complexity index is 756. The molecule has 0 bridgehead atoms. The lowest BCUT2D eigenvalue weighted by atomic mass is 9.92. The maximum Gasteiger partial charge on any atom is 0.231 e. The molecule has 126 valence electrons. The summed E-state index contributed by atoms with van der Waals surface area (Å²) in [4.78, 5) is 14.7. The summed E-state index contributed by atoms with van der Waals surface area (Å²) in [7, 11) is 1.93. The topological polar surface area (TPSA) is 56.6 Å². The number of ether oxygens (including phenoxy) is 2. The van der Waals surface area contributed by atoms with Gasteiger partial charge in [-0.2, -0.15) is 5.10 Å². The molecular weight excluding hydrogens is 306 g/mol. The number of fused-ring (bicyclic) bond motifs is 1. The summed E-state index contributed by atoms with van der Waals surface area (Å²) in [5.74, 6) is 2.03. The van der Waals surface area contributed by atoms with E-state index in [1.54, 1.807) is 0 Å². The Hall–Kier alpha value is -2.50. The Morgan fingerprint density at radius 1 is 1.33 bits per heavy atom. The molecular formula is C18H21N3O3. The van der Waals surface area contributed by atoms with Crippen molar-refractivity contribution < 1.29 is 14.3 Å². The van der Waals surface area contributed by atoms with E-state index in [0.717, 1.165) is 43.0 Å². The zero-order valence-electron chi connectivity index (χ0n) is 13.8. The SMILES string of the molecule is Cn1cc(C2CCCN(C(=O)Cc3ccc4c(c3)OCO4)C2)cn1. The van der Waals surface area contributed by atoms with E-state index in [4.69, 9.17) is 9.47 Å². The van der Waals surface area contributed by atoms with Gasteiger partial charge in [0.05, 0.1) is 12.6 Å². The van der Waals surface area contributed by atoms with Crippen LogP contribution < -0.4 is 9.47 Å². The molecule has 6 nitrogen and oxygen atoms in total. The summed E-state index contributed by atoms with van der Waals surface area (Å²) in [5.41, 5.74) is 2.19. The largest absolute Gasteiger partial charge is 0.454 e. The normalized spacial score (nSPS) is 19.5. The molecule has 1 fully saturated rings. The monoisotopic (exact) mass is 327 g/mol. The first-order valence-electron chi connectivity index (χ1n) is 8.34. The van der Waals surface area contributed by atoms with Gasteiger partial charge in [0, 0.05) is 32.3 Å². The average molecular weight is 327 g/mol. The van der Waals surface area contributed by atoms with Gasteiger partial charge in [-0.1, -0.05) is 6.07 Å². The van der Waals surface area contributed by atoms with Gasteiger partial charge in [-0.25, -0.2) is 0 Å². The lowest BCUT2D eigenvalue weighted by molar-refractivity contribution is -0.131. The maximum absolute atomic E-state index is 12.7. The number of benzene rings is 1. The van der Waals surface area contributed by atoms with E-state index < -0.39 is 0 Å². The van der Waals surface area contributed by atoms with Crippen molar-refractivity contribution in [3.8, 4) is 11.5 Å². The lowest BCUT2D eigenvalue weighted by Gasteiger charge is -2.32. The first-order chi connectivity index (χ1) is 11.7. The highest BCUT2D eigenvalue weighted by Crippen LogP contribution is 2.33. The quantitative estimate of drug-likeness (QED) is 0.866. The Kier molecular flexibility index (Phi) is 3.88. The fourth-order valence-corrected chi connectivity index (χ4v) is 3.46. The summed E-state index contributed by atoms with van der Waals surface area (Å²) in [5, 5.41) is 4.25. The van der Waals surface area contributed by atoms with Crippen molar-refractivity contribution in [2.24, 2.45) is 7.05 Å².